The molecule has 1 aliphatic rings. The van der Waals surface area contributed by atoms with Gasteiger partial charge in [-0.05, 0) is 68.1 Å². The van der Waals surface area contributed by atoms with Crippen molar-refractivity contribution in [3.8, 4) is 0 Å². The molecule has 0 saturated heterocycles. The van der Waals surface area contributed by atoms with Crippen molar-refractivity contribution in [2.24, 2.45) is 11.3 Å². The van der Waals surface area contributed by atoms with Gasteiger partial charge in [-0.2, -0.15) is 0 Å². The number of aldehydes is 1. The summed E-state index contributed by atoms with van der Waals surface area (Å²) in [5.74, 6) is 0.517. The van der Waals surface area contributed by atoms with Crippen LogP contribution in [0.15, 0.2) is 47.1 Å². The van der Waals surface area contributed by atoms with E-state index in [9.17, 15) is 4.79 Å². The Labute approximate surface area is 130 Å². The van der Waals surface area contributed by atoms with Crippen LogP contribution in [0.25, 0.3) is 0 Å². The van der Waals surface area contributed by atoms with Gasteiger partial charge < -0.3 is 0 Å². The highest BCUT2D eigenvalue weighted by atomic mass is 16.1. The van der Waals surface area contributed by atoms with Crippen molar-refractivity contribution >= 4 is 6.29 Å². The Hall–Kier alpha value is -1.37. The molecule has 21 heavy (non-hydrogen) atoms. The third-order valence-electron chi connectivity index (χ3n) is 4.35. The molecule has 0 radical (unpaired) electrons. The molecule has 0 spiro atoms. The van der Waals surface area contributed by atoms with E-state index >= 15 is 0 Å². The van der Waals surface area contributed by atoms with Crippen LogP contribution in [0.3, 0.4) is 0 Å². The second-order valence-corrected chi connectivity index (χ2v) is 6.95. The Kier molecular flexibility index (Phi) is 6.87. The average Bonchev–Trinajstić information content (AvgIpc) is 2.37. The first kappa shape index (κ1) is 17.7. The fourth-order valence-electron chi connectivity index (χ4n) is 2.98. The third kappa shape index (κ3) is 5.87. The molecule has 0 saturated carbocycles. The Bertz CT molecular complexity index is 472. The smallest absolute Gasteiger partial charge is 0.143 e. The van der Waals surface area contributed by atoms with Crippen LogP contribution in [0.1, 0.15) is 60.3 Å². The summed E-state index contributed by atoms with van der Waals surface area (Å²) in [7, 11) is 0. The summed E-state index contributed by atoms with van der Waals surface area (Å²) in [4.78, 5) is 10.4. The molecular formula is C20H30O. The van der Waals surface area contributed by atoms with Crippen molar-refractivity contribution in [2.45, 2.75) is 60.3 Å². The molecule has 1 rings (SSSR count). The van der Waals surface area contributed by atoms with E-state index in [1.54, 1.807) is 11.6 Å². The summed E-state index contributed by atoms with van der Waals surface area (Å²) in [6.07, 6.45) is 16.1. The number of carbonyl (C=O) groups is 1. The summed E-state index contributed by atoms with van der Waals surface area (Å²) >= 11 is 0. The van der Waals surface area contributed by atoms with Crippen LogP contribution in [0.5, 0.6) is 0 Å². The van der Waals surface area contributed by atoms with E-state index in [0.717, 1.165) is 18.3 Å². The lowest BCUT2D eigenvalue weighted by Gasteiger charge is -2.33. The minimum absolute atomic E-state index is 0.317. The maximum absolute atomic E-state index is 10.4. The molecule has 0 bridgehead atoms. The molecule has 1 aliphatic carbocycles. The van der Waals surface area contributed by atoms with E-state index in [4.69, 9.17) is 0 Å². The number of hydrogen-bond donors (Lipinski definition) is 0. The Morgan fingerprint density at radius 1 is 1.38 bits per heavy atom. The Balaban J connectivity index is 2.63. The predicted octanol–water partition coefficient (Wildman–Crippen LogP) is 5.80. The summed E-state index contributed by atoms with van der Waals surface area (Å²) in [6.45, 7) is 11.2. The standard InChI is InChI=1S/C20H30O/c1-16(8-6-9-17(2)13-15-21)11-12-19-18(3)10-7-14-20(19,4)5/h6,9,11-13,15-16H,7-8,10,14H2,1-5H3/b9-6+,12-11+,17-13+. The van der Waals surface area contributed by atoms with Crippen molar-refractivity contribution in [3.05, 3.63) is 47.1 Å². The summed E-state index contributed by atoms with van der Waals surface area (Å²) in [5, 5.41) is 0. The Morgan fingerprint density at radius 2 is 2.10 bits per heavy atom. The molecule has 0 heterocycles. The maximum Gasteiger partial charge on any atom is 0.143 e. The average molecular weight is 286 g/mol. The van der Waals surface area contributed by atoms with Crippen LogP contribution in [0, 0.1) is 11.3 Å². The number of hydrogen-bond acceptors (Lipinski definition) is 1. The fraction of sp³-hybridized carbons (Fsp3) is 0.550. The molecule has 0 aromatic rings. The molecule has 0 amide bonds. The minimum atomic E-state index is 0.317. The van der Waals surface area contributed by atoms with Crippen LogP contribution >= 0.6 is 0 Å². The topological polar surface area (TPSA) is 17.1 Å². The monoisotopic (exact) mass is 286 g/mol. The highest BCUT2D eigenvalue weighted by Crippen LogP contribution is 2.40. The zero-order valence-corrected chi connectivity index (χ0v) is 14.3. The van der Waals surface area contributed by atoms with Gasteiger partial charge in [-0.25, -0.2) is 0 Å². The third-order valence-corrected chi connectivity index (χ3v) is 4.35. The highest BCUT2D eigenvalue weighted by molar-refractivity contribution is 5.66. The van der Waals surface area contributed by atoms with Crippen molar-refractivity contribution < 1.29 is 4.79 Å². The highest BCUT2D eigenvalue weighted by Gasteiger charge is 2.26. The fourth-order valence-corrected chi connectivity index (χ4v) is 2.98. The largest absolute Gasteiger partial charge is 0.299 e. The van der Waals surface area contributed by atoms with E-state index in [1.165, 1.54) is 24.8 Å². The predicted molar refractivity (Wildman–Crippen MR) is 92.2 cm³/mol. The van der Waals surface area contributed by atoms with Crippen LogP contribution in [0.4, 0.5) is 0 Å². The molecule has 0 aromatic heterocycles. The van der Waals surface area contributed by atoms with Gasteiger partial charge in [0.1, 0.15) is 6.29 Å². The second-order valence-electron chi connectivity index (χ2n) is 6.95. The SMILES string of the molecule is CC1=C(/C=C/C(C)C/C=C/C(C)=C/C=O)C(C)(C)CCC1. The molecule has 1 nitrogen and oxygen atoms in total. The van der Waals surface area contributed by atoms with Gasteiger partial charge in [0.2, 0.25) is 0 Å². The molecule has 1 heteroatoms. The molecule has 0 N–H and O–H groups in total. The lowest BCUT2D eigenvalue weighted by molar-refractivity contribution is -0.104. The lowest BCUT2D eigenvalue weighted by Crippen LogP contribution is -2.19. The molecule has 0 aromatic carbocycles. The summed E-state index contributed by atoms with van der Waals surface area (Å²) in [5.41, 5.74) is 4.40. The van der Waals surface area contributed by atoms with Crippen LogP contribution in [0.2, 0.25) is 0 Å². The Morgan fingerprint density at radius 3 is 2.71 bits per heavy atom. The first-order valence-electron chi connectivity index (χ1n) is 8.04. The molecular weight excluding hydrogens is 256 g/mol. The van der Waals surface area contributed by atoms with Crippen LogP contribution < -0.4 is 0 Å². The van der Waals surface area contributed by atoms with E-state index in [0.29, 0.717) is 11.3 Å². The first-order chi connectivity index (χ1) is 9.86. The first-order valence-corrected chi connectivity index (χ1v) is 8.04. The van der Waals surface area contributed by atoms with Crippen molar-refractivity contribution in [3.63, 3.8) is 0 Å². The van der Waals surface area contributed by atoms with Crippen molar-refractivity contribution in [1.82, 2.24) is 0 Å². The zero-order valence-electron chi connectivity index (χ0n) is 14.3. The van der Waals surface area contributed by atoms with Gasteiger partial charge in [-0.1, -0.05) is 50.6 Å². The summed E-state index contributed by atoms with van der Waals surface area (Å²) < 4.78 is 0. The van der Waals surface area contributed by atoms with Gasteiger partial charge in [0, 0.05) is 0 Å². The van der Waals surface area contributed by atoms with Gasteiger partial charge in [0.25, 0.3) is 0 Å². The lowest BCUT2D eigenvalue weighted by atomic mass is 9.72. The van der Waals surface area contributed by atoms with Gasteiger partial charge >= 0.3 is 0 Å². The zero-order chi connectivity index (χ0) is 15.9. The molecule has 0 aliphatic heterocycles. The summed E-state index contributed by atoms with van der Waals surface area (Å²) in [6, 6.07) is 0. The van der Waals surface area contributed by atoms with E-state index < -0.39 is 0 Å². The van der Waals surface area contributed by atoms with E-state index in [1.807, 2.05) is 13.0 Å². The molecule has 1 unspecified atom stereocenters. The molecule has 1 atom stereocenters. The van der Waals surface area contributed by atoms with Crippen LogP contribution in [-0.4, -0.2) is 6.29 Å². The quantitative estimate of drug-likeness (QED) is 0.343. The van der Waals surface area contributed by atoms with Crippen molar-refractivity contribution in [1.29, 1.82) is 0 Å². The van der Waals surface area contributed by atoms with E-state index in [2.05, 4.69) is 45.9 Å². The normalized spacial score (nSPS) is 21.3. The molecule has 0 fully saturated rings. The van der Waals surface area contributed by atoms with Gasteiger partial charge in [0.15, 0.2) is 0 Å². The van der Waals surface area contributed by atoms with Gasteiger partial charge in [0.05, 0.1) is 0 Å². The number of rotatable bonds is 6. The maximum atomic E-state index is 10.4. The van der Waals surface area contributed by atoms with E-state index in [-0.39, 0.29) is 0 Å². The molecule has 116 valence electrons. The number of allylic oxidation sites excluding steroid dienone is 8. The van der Waals surface area contributed by atoms with Gasteiger partial charge in [-0.3, -0.25) is 4.79 Å². The number of carbonyl (C=O) groups excluding carboxylic acids is 1. The minimum Gasteiger partial charge on any atom is -0.299 e. The van der Waals surface area contributed by atoms with Crippen LogP contribution in [-0.2, 0) is 4.79 Å². The van der Waals surface area contributed by atoms with Gasteiger partial charge in [-0.15, -0.1) is 0 Å². The second kappa shape index (κ2) is 8.17. The van der Waals surface area contributed by atoms with Crippen molar-refractivity contribution in [2.75, 3.05) is 0 Å².